The van der Waals surface area contributed by atoms with E-state index >= 15 is 0 Å². The molecule has 1 aromatic heterocycles. The van der Waals surface area contributed by atoms with E-state index in [1.807, 2.05) is 38.4 Å². The largest absolute Gasteiger partial charge is 0.389 e. The molecule has 0 aliphatic carbocycles. The highest BCUT2D eigenvalue weighted by Gasteiger charge is 2.09. The van der Waals surface area contributed by atoms with Crippen molar-refractivity contribution in [3.8, 4) is 0 Å². The molecule has 0 bridgehead atoms. The van der Waals surface area contributed by atoms with Gasteiger partial charge in [0.25, 0.3) is 0 Å². The van der Waals surface area contributed by atoms with Gasteiger partial charge in [0.15, 0.2) is 0 Å². The topological polar surface area (TPSA) is 55.9 Å². The zero-order valence-corrected chi connectivity index (χ0v) is 12.5. The fraction of sp³-hybridized carbons (Fsp3) is 0.167. The highest BCUT2D eigenvalue weighted by Crippen LogP contribution is 2.25. The molecule has 0 aliphatic rings. The fourth-order valence-electron chi connectivity index (χ4n) is 1.70. The third-order valence-corrected chi connectivity index (χ3v) is 3.24. The van der Waals surface area contributed by atoms with Gasteiger partial charge in [-0.25, -0.2) is 0 Å². The summed E-state index contributed by atoms with van der Waals surface area (Å²) in [7, 11) is 1.88. The molecule has 0 saturated heterocycles. The van der Waals surface area contributed by atoms with Crippen LogP contribution >= 0.6 is 28.1 Å². The molecule has 0 spiro atoms. The lowest BCUT2D eigenvalue weighted by Crippen LogP contribution is -2.12. The number of anilines is 2. The molecule has 2 aromatic rings. The molecule has 3 N–H and O–H groups in total. The van der Waals surface area contributed by atoms with Gasteiger partial charge in [0.2, 0.25) is 0 Å². The van der Waals surface area contributed by atoms with Crippen molar-refractivity contribution >= 4 is 44.5 Å². The smallest absolute Gasteiger partial charge is 0.106 e. The Morgan fingerprint density at radius 1 is 1.44 bits per heavy atom. The van der Waals surface area contributed by atoms with Crippen LogP contribution in [0.4, 0.5) is 11.4 Å². The van der Waals surface area contributed by atoms with Gasteiger partial charge in [-0.15, -0.1) is 0 Å². The number of aromatic nitrogens is 2. The van der Waals surface area contributed by atoms with Crippen LogP contribution in [-0.4, -0.2) is 14.8 Å². The van der Waals surface area contributed by atoms with E-state index < -0.39 is 0 Å². The van der Waals surface area contributed by atoms with Gasteiger partial charge in [0.1, 0.15) is 4.99 Å². The molecular formula is C12H13BrN4S. The molecule has 94 valence electrons. The number of benzene rings is 1. The third kappa shape index (κ3) is 2.70. The molecule has 0 atom stereocenters. The molecule has 0 aliphatic heterocycles. The summed E-state index contributed by atoms with van der Waals surface area (Å²) < 4.78 is 2.70. The number of hydrogen-bond donors (Lipinski definition) is 2. The highest BCUT2D eigenvalue weighted by molar-refractivity contribution is 9.10. The summed E-state index contributed by atoms with van der Waals surface area (Å²) in [6, 6.07) is 5.77. The van der Waals surface area contributed by atoms with Gasteiger partial charge in [-0.05, 0) is 25.1 Å². The van der Waals surface area contributed by atoms with Gasteiger partial charge in [0, 0.05) is 29.0 Å². The Morgan fingerprint density at radius 2 is 2.17 bits per heavy atom. The van der Waals surface area contributed by atoms with Gasteiger partial charge >= 0.3 is 0 Å². The van der Waals surface area contributed by atoms with E-state index in [-0.39, 0.29) is 0 Å². The molecular weight excluding hydrogens is 312 g/mol. The fourth-order valence-corrected chi connectivity index (χ4v) is 2.23. The van der Waals surface area contributed by atoms with Gasteiger partial charge in [0.05, 0.1) is 11.4 Å². The van der Waals surface area contributed by atoms with E-state index in [1.165, 1.54) is 0 Å². The minimum absolute atomic E-state index is 0.361. The Bertz CT molecular complexity index is 606. The number of hydrogen-bond acceptors (Lipinski definition) is 3. The molecule has 1 aromatic carbocycles. The van der Waals surface area contributed by atoms with Crippen LogP contribution in [0.3, 0.4) is 0 Å². The number of nitrogens with two attached hydrogens (primary N) is 1. The molecule has 0 radical (unpaired) electrons. The number of thiocarbonyl (C=S) groups is 1. The van der Waals surface area contributed by atoms with Crippen LogP contribution in [0, 0.1) is 6.92 Å². The monoisotopic (exact) mass is 324 g/mol. The standard InChI is InChI=1S/C12H13BrN4S/c1-7-11(6-17(2)16-7)15-10-4-3-8(13)5-9(10)12(14)18/h3-6,15H,1-2H3,(H2,14,18). The lowest BCUT2D eigenvalue weighted by Gasteiger charge is -2.10. The summed E-state index contributed by atoms with van der Waals surface area (Å²) in [6.45, 7) is 1.95. The number of nitrogens with zero attached hydrogens (tertiary/aromatic N) is 2. The van der Waals surface area contributed by atoms with Gasteiger partial charge in [-0.1, -0.05) is 28.1 Å². The molecule has 1 heterocycles. The lowest BCUT2D eigenvalue weighted by atomic mass is 10.1. The number of nitrogens with one attached hydrogen (secondary N) is 1. The first kappa shape index (κ1) is 13.0. The van der Waals surface area contributed by atoms with Crippen molar-refractivity contribution in [2.75, 3.05) is 5.32 Å². The first-order valence-electron chi connectivity index (χ1n) is 5.34. The number of halogens is 1. The van der Waals surface area contributed by atoms with Crippen LogP contribution in [0.5, 0.6) is 0 Å². The minimum atomic E-state index is 0.361. The van der Waals surface area contributed by atoms with Crippen LogP contribution in [0.25, 0.3) is 0 Å². The van der Waals surface area contributed by atoms with Crippen molar-refractivity contribution in [3.05, 3.63) is 40.1 Å². The van der Waals surface area contributed by atoms with Crippen LogP contribution in [0.1, 0.15) is 11.3 Å². The lowest BCUT2D eigenvalue weighted by molar-refractivity contribution is 0.756. The van der Waals surface area contributed by atoms with Crippen molar-refractivity contribution in [1.82, 2.24) is 9.78 Å². The van der Waals surface area contributed by atoms with Gasteiger partial charge < -0.3 is 11.1 Å². The van der Waals surface area contributed by atoms with Crippen molar-refractivity contribution in [2.24, 2.45) is 12.8 Å². The van der Waals surface area contributed by atoms with Crippen LogP contribution < -0.4 is 11.1 Å². The van der Waals surface area contributed by atoms with Crippen molar-refractivity contribution in [3.63, 3.8) is 0 Å². The minimum Gasteiger partial charge on any atom is -0.389 e. The zero-order valence-electron chi connectivity index (χ0n) is 10.1. The number of rotatable bonds is 3. The van der Waals surface area contributed by atoms with Crippen LogP contribution in [-0.2, 0) is 7.05 Å². The molecule has 0 saturated carbocycles. The Kier molecular flexibility index (Phi) is 3.68. The van der Waals surface area contributed by atoms with Crippen LogP contribution in [0.2, 0.25) is 0 Å². The molecule has 0 fully saturated rings. The Labute approximate surface area is 119 Å². The Balaban J connectivity index is 2.40. The Hall–Kier alpha value is -1.40. The molecule has 0 amide bonds. The van der Waals surface area contributed by atoms with E-state index in [9.17, 15) is 0 Å². The maximum absolute atomic E-state index is 5.73. The quantitative estimate of drug-likeness (QED) is 0.852. The van der Waals surface area contributed by atoms with E-state index in [0.717, 1.165) is 27.1 Å². The summed E-state index contributed by atoms with van der Waals surface area (Å²) in [4.78, 5) is 0.361. The second kappa shape index (κ2) is 5.07. The zero-order chi connectivity index (χ0) is 13.3. The first-order chi connectivity index (χ1) is 8.47. The molecule has 4 nitrogen and oxygen atoms in total. The van der Waals surface area contributed by atoms with Gasteiger partial charge in [-0.3, -0.25) is 4.68 Å². The normalized spacial score (nSPS) is 10.4. The van der Waals surface area contributed by atoms with E-state index in [2.05, 4.69) is 26.3 Å². The molecule has 0 unspecified atom stereocenters. The summed E-state index contributed by atoms with van der Waals surface area (Å²) in [5.74, 6) is 0. The second-order valence-electron chi connectivity index (χ2n) is 3.98. The van der Waals surface area contributed by atoms with Crippen molar-refractivity contribution in [1.29, 1.82) is 0 Å². The third-order valence-electron chi connectivity index (χ3n) is 2.53. The second-order valence-corrected chi connectivity index (χ2v) is 5.34. The summed E-state index contributed by atoms with van der Waals surface area (Å²) in [5, 5.41) is 7.58. The first-order valence-corrected chi connectivity index (χ1v) is 6.54. The predicted octanol–water partition coefficient (Wildman–Crippen LogP) is 2.87. The molecule has 18 heavy (non-hydrogen) atoms. The SMILES string of the molecule is Cc1nn(C)cc1Nc1ccc(Br)cc1C(N)=S. The highest BCUT2D eigenvalue weighted by atomic mass is 79.9. The number of aryl methyl sites for hydroxylation is 2. The summed E-state index contributed by atoms with van der Waals surface area (Å²) in [6.07, 6.45) is 1.92. The van der Waals surface area contributed by atoms with Gasteiger partial charge in [-0.2, -0.15) is 5.10 Å². The molecule has 6 heteroatoms. The summed E-state index contributed by atoms with van der Waals surface area (Å²) >= 11 is 8.47. The maximum Gasteiger partial charge on any atom is 0.106 e. The Morgan fingerprint density at radius 3 is 2.72 bits per heavy atom. The van der Waals surface area contributed by atoms with Crippen molar-refractivity contribution < 1.29 is 0 Å². The summed E-state index contributed by atoms with van der Waals surface area (Å²) in [5.41, 5.74) is 9.28. The van der Waals surface area contributed by atoms with E-state index in [1.54, 1.807) is 4.68 Å². The molecule has 2 rings (SSSR count). The maximum atomic E-state index is 5.73. The predicted molar refractivity (Wildman–Crippen MR) is 81.3 cm³/mol. The average molecular weight is 325 g/mol. The van der Waals surface area contributed by atoms with Crippen molar-refractivity contribution in [2.45, 2.75) is 6.92 Å². The average Bonchev–Trinajstić information content (AvgIpc) is 2.60. The van der Waals surface area contributed by atoms with E-state index in [4.69, 9.17) is 18.0 Å². The van der Waals surface area contributed by atoms with E-state index in [0.29, 0.717) is 4.99 Å². The van der Waals surface area contributed by atoms with Crippen LogP contribution in [0.15, 0.2) is 28.9 Å².